The fourth-order valence-corrected chi connectivity index (χ4v) is 3.20. The van der Waals surface area contributed by atoms with E-state index < -0.39 is 0 Å². The van der Waals surface area contributed by atoms with Crippen molar-refractivity contribution in [3.63, 3.8) is 0 Å². The van der Waals surface area contributed by atoms with Crippen LogP contribution in [0.15, 0.2) is 0 Å². The molecular formula is C15H28O3. The SMILES string of the molecule is CCCCCCCC[C@@H]1OC[C@H]2O[C@H](OC)C[C@@H]12. The lowest BCUT2D eigenvalue weighted by atomic mass is 9.93. The smallest absolute Gasteiger partial charge is 0.158 e. The number of rotatable bonds is 8. The first-order valence-electron chi connectivity index (χ1n) is 7.65. The molecule has 2 rings (SSSR count). The van der Waals surface area contributed by atoms with E-state index in [0.717, 1.165) is 13.0 Å². The third-order valence-corrected chi connectivity index (χ3v) is 4.33. The van der Waals surface area contributed by atoms with Gasteiger partial charge < -0.3 is 14.2 Å². The zero-order chi connectivity index (χ0) is 12.8. The van der Waals surface area contributed by atoms with Crippen molar-refractivity contribution in [3.8, 4) is 0 Å². The summed E-state index contributed by atoms with van der Waals surface area (Å²) in [7, 11) is 1.73. The van der Waals surface area contributed by atoms with Gasteiger partial charge in [-0.3, -0.25) is 0 Å². The Morgan fingerprint density at radius 3 is 2.67 bits per heavy atom. The molecule has 2 heterocycles. The van der Waals surface area contributed by atoms with Crippen LogP contribution in [0, 0.1) is 5.92 Å². The number of unbranched alkanes of at least 4 members (excludes halogenated alkanes) is 5. The molecule has 2 aliphatic rings. The summed E-state index contributed by atoms with van der Waals surface area (Å²) in [5, 5.41) is 0. The third kappa shape index (κ3) is 3.69. The molecule has 0 spiro atoms. The summed E-state index contributed by atoms with van der Waals surface area (Å²) in [4.78, 5) is 0. The minimum absolute atomic E-state index is 0.0101. The molecule has 2 aliphatic heterocycles. The maximum absolute atomic E-state index is 5.86. The second kappa shape index (κ2) is 7.46. The molecule has 3 heteroatoms. The molecule has 18 heavy (non-hydrogen) atoms. The first-order chi connectivity index (χ1) is 8.85. The molecule has 2 saturated heterocycles. The molecular weight excluding hydrogens is 228 g/mol. The van der Waals surface area contributed by atoms with Gasteiger partial charge in [0.05, 0.1) is 18.8 Å². The Morgan fingerprint density at radius 1 is 1.11 bits per heavy atom. The van der Waals surface area contributed by atoms with Crippen molar-refractivity contribution < 1.29 is 14.2 Å². The predicted octanol–water partition coefficient (Wildman–Crippen LogP) is 3.51. The molecule has 0 aromatic rings. The minimum Gasteiger partial charge on any atom is -0.375 e. The van der Waals surface area contributed by atoms with Crippen LogP contribution >= 0.6 is 0 Å². The quantitative estimate of drug-likeness (QED) is 0.622. The second-order valence-electron chi connectivity index (χ2n) is 5.67. The molecule has 0 unspecified atom stereocenters. The molecule has 0 aliphatic carbocycles. The number of fused-ring (bicyclic) bond motifs is 1. The van der Waals surface area contributed by atoms with Gasteiger partial charge in [-0.1, -0.05) is 45.4 Å². The van der Waals surface area contributed by atoms with E-state index in [4.69, 9.17) is 14.2 Å². The van der Waals surface area contributed by atoms with Crippen LogP contribution in [0.5, 0.6) is 0 Å². The van der Waals surface area contributed by atoms with Gasteiger partial charge in [0.25, 0.3) is 0 Å². The van der Waals surface area contributed by atoms with Crippen LogP contribution in [0.3, 0.4) is 0 Å². The Morgan fingerprint density at radius 2 is 1.89 bits per heavy atom. The van der Waals surface area contributed by atoms with Crippen molar-refractivity contribution in [1.82, 2.24) is 0 Å². The highest BCUT2D eigenvalue weighted by Crippen LogP contribution is 2.38. The molecule has 0 N–H and O–H groups in total. The van der Waals surface area contributed by atoms with E-state index in [1.807, 2.05) is 0 Å². The van der Waals surface area contributed by atoms with E-state index in [9.17, 15) is 0 Å². The Hall–Kier alpha value is -0.120. The minimum atomic E-state index is 0.0101. The van der Waals surface area contributed by atoms with Gasteiger partial charge in [-0.25, -0.2) is 0 Å². The number of hydrogen-bond acceptors (Lipinski definition) is 3. The van der Waals surface area contributed by atoms with Gasteiger partial charge in [0.15, 0.2) is 6.29 Å². The summed E-state index contributed by atoms with van der Waals surface area (Å²) < 4.78 is 16.9. The van der Waals surface area contributed by atoms with Gasteiger partial charge in [0, 0.05) is 19.4 Å². The summed E-state index contributed by atoms with van der Waals surface area (Å²) >= 11 is 0. The van der Waals surface area contributed by atoms with Gasteiger partial charge in [-0.2, -0.15) is 0 Å². The van der Waals surface area contributed by atoms with Crippen molar-refractivity contribution in [1.29, 1.82) is 0 Å². The zero-order valence-corrected chi connectivity index (χ0v) is 11.9. The lowest BCUT2D eigenvalue weighted by Gasteiger charge is -2.16. The molecule has 0 bridgehead atoms. The maximum Gasteiger partial charge on any atom is 0.158 e. The first kappa shape index (κ1) is 14.3. The molecule has 4 atom stereocenters. The average molecular weight is 256 g/mol. The molecule has 0 radical (unpaired) electrons. The van der Waals surface area contributed by atoms with Crippen LogP contribution in [0.2, 0.25) is 0 Å². The number of hydrogen-bond donors (Lipinski definition) is 0. The Balaban J connectivity index is 1.59. The van der Waals surface area contributed by atoms with E-state index >= 15 is 0 Å². The van der Waals surface area contributed by atoms with Crippen molar-refractivity contribution in [2.75, 3.05) is 13.7 Å². The third-order valence-electron chi connectivity index (χ3n) is 4.33. The van der Waals surface area contributed by atoms with E-state index in [-0.39, 0.29) is 6.29 Å². The van der Waals surface area contributed by atoms with E-state index in [0.29, 0.717) is 18.1 Å². The van der Waals surface area contributed by atoms with E-state index in [1.165, 1.54) is 44.9 Å². The van der Waals surface area contributed by atoms with E-state index in [1.54, 1.807) is 7.11 Å². The summed E-state index contributed by atoms with van der Waals surface area (Å²) in [6.45, 7) is 3.03. The zero-order valence-electron chi connectivity index (χ0n) is 11.9. The van der Waals surface area contributed by atoms with Crippen LogP contribution in [0.25, 0.3) is 0 Å². The topological polar surface area (TPSA) is 27.7 Å². The second-order valence-corrected chi connectivity index (χ2v) is 5.67. The summed E-state index contributed by atoms with van der Waals surface area (Å²) in [6.07, 6.45) is 11.1. The summed E-state index contributed by atoms with van der Waals surface area (Å²) in [5.74, 6) is 0.575. The van der Waals surface area contributed by atoms with Gasteiger partial charge >= 0.3 is 0 Å². The van der Waals surface area contributed by atoms with Crippen molar-refractivity contribution in [3.05, 3.63) is 0 Å². The molecule has 0 amide bonds. The highest BCUT2D eigenvalue weighted by atomic mass is 16.7. The van der Waals surface area contributed by atoms with E-state index in [2.05, 4.69) is 6.92 Å². The first-order valence-corrected chi connectivity index (χ1v) is 7.65. The van der Waals surface area contributed by atoms with Gasteiger partial charge in [0.1, 0.15) is 0 Å². The number of methoxy groups -OCH3 is 1. The summed E-state index contributed by atoms with van der Waals surface area (Å²) in [6, 6.07) is 0. The summed E-state index contributed by atoms with van der Waals surface area (Å²) in [5.41, 5.74) is 0. The molecule has 0 aromatic carbocycles. The standard InChI is InChI=1S/C15H28O3/c1-3-4-5-6-7-8-9-13-12-10-15(16-2)18-14(12)11-17-13/h12-15H,3-11H2,1-2H3/t12-,13-,14+,15-/m0/s1. The monoisotopic (exact) mass is 256 g/mol. The predicted molar refractivity (Wildman–Crippen MR) is 71.5 cm³/mol. The molecule has 0 aromatic heterocycles. The van der Waals surface area contributed by atoms with Crippen molar-refractivity contribution >= 4 is 0 Å². The van der Waals surface area contributed by atoms with Crippen LogP contribution < -0.4 is 0 Å². The normalized spacial score (nSPS) is 35.0. The Kier molecular flexibility index (Phi) is 5.93. The van der Waals surface area contributed by atoms with Crippen LogP contribution in [-0.4, -0.2) is 32.2 Å². The highest BCUT2D eigenvalue weighted by Gasteiger charge is 2.45. The van der Waals surface area contributed by atoms with Gasteiger partial charge in [0.2, 0.25) is 0 Å². The van der Waals surface area contributed by atoms with Gasteiger partial charge in [-0.15, -0.1) is 0 Å². The average Bonchev–Trinajstić information content (AvgIpc) is 2.94. The molecule has 2 fully saturated rings. The van der Waals surface area contributed by atoms with Crippen LogP contribution in [-0.2, 0) is 14.2 Å². The molecule has 3 nitrogen and oxygen atoms in total. The fourth-order valence-electron chi connectivity index (χ4n) is 3.20. The van der Waals surface area contributed by atoms with Crippen LogP contribution in [0.1, 0.15) is 58.3 Å². The van der Waals surface area contributed by atoms with Crippen molar-refractivity contribution in [2.45, 2.75) is 76.8 Å². The lowest BCUT2D eigenvalue weighted by Crippen LogP contribution is -2.19. The lowest BCUT2D eigenvalue weighted by molar-refractivity contribution is -0.123. The molecule has 0 saturated carbocycles. The fraction of sp³-hybridized carbons (Fsp3) is 1.00. The Bertz CT molecular complexity index is 232. The number of ether oxygens (including phenoxy) is 3. The molecule has 106 valence electrons. The maximum atomic E-state index is 5.86. The Labute approximate surface area is 111 Å². The van der Waals surface area contributed by atoms with Crippen molar-refractivity contribution in [2.24, 2.45) is 5.92 Å². The van der Waals surface area contributed by atoms with Gasteiger partial charge in [-0.05, 0) is 6.42 Å². The highest BCUT2D eigenvalue weighted by molar-refractivity contribution is 4.89. The largest absolute Gasteiger partial charge is 0.375 e. The van der Waals surface area contributed by atoms with Crippen LogP contribution in [0.4, 0.5) is 0 Å².